The highest BCUT2D eigenvalue weighted by Gasteiger charge is 2.42. The maximum atomic E-state index is 5.55. The summed E-state index contributed by atoms with van der Waals surface area (Å²) in [4.78, 5) is 0. The number of para-hydroxylation sites is 1. The molecule has 122 valence electrons. The molecule has 4 unspecified atom stereocenters. The van der Waals surface area contributed by atoms with Crippen molar-refractivity contribution in [2.75, 3.05) is 7.11 Å². The molecule has 0 saturated heterocycles. The zero-order chi connectivity index (χ0) is 16.0. The molecular formula is C18H23N3OS. The molecule has 4 nitrogen and oxygen atoms in total. The lowest BCUT2D eigenvalue weighted by Crippen LogP contribution is -2.22. The minimum Gasteiger partial charge on any atom is -0.496 e. The van der Waals surface area contributed by atoms with E-state index in [-0.39, 0.29) is 0 Å². The van der Waals surface area contributed by atoms with Crippen LogP contribution >= 0.6 is 12.2 Å². The van der Waals surface area contributed by atoms with Gasteiger partial charge in [-0.15, -0.1) is 0 Å². The van der Waals surface area contributed by atoms with Gasteiger partial charge in [0, 0.05) is 6.04 Å². The van der Waals surface area contributed by atoms with Crippen LogP contribution in [0, 0.1) is 22.5 Å². The minimum absolute atomic E-state index is 0.372. The van der Waals surface area contributed by atoms with Crippen LogP contribution in [-0.4, -0.2) is 21.9 Å². The van der Waals surface area contributed by atoms with Crippen LogP contribution in [0.4, 0.5) is 0 Å². The number of methoxy groups -OCH3 is 1. The van der Waals surface area contributed by atoms with Gasteiger partial charge in [-0.05, 0) is 68.3 Å². The average molecular weight is 329 g/mol. The predicted molar refractivity (Wildman–Crippen MR) is 93.0 cm³/mol. The van der Waals surface area contributed by atoms with E-state index in [0.717, 1.165) is 29.0 Å². The van der Waals surface area contributed by atoms with Crippen molar-refractivity contribution >= 4 is 12.2 Å². The summed E-state index contributed by atoms with van der Waals surface area (Å²) in [5, 5.41) is 7.51. The summed E-state index contributed by atoms with van der Waals surface area (Å²) in [7, 11) is 1.70. The molecule has 0 spiro atoms. The molecule has 0 amide bonds. The van der Waals surface area contributed by atoms with Gasteiger partial charge in [-0.25, -0.2) is 0 Å². The van der Waals surface area contributed by atoms with Gasteiger partial charge in [0.05, 0.1) is 12.7 Å². The first-order chi connectivity index (χ1) is 11.2. The van der Waals surface area contributed by atoms with Crippen molar-refractivity contribution in [3.8, 4) is 17.1 Å². The second-order valence-corrected chi connectivity index (χ2v) is 7.39. The fourth-order valence-corrected chi connectivity index (χ4v) is 5.08. The Morgan fingerprint density at radius 1 is 1.30 bits per heavy atom. The zero-order valence-corrected chi connectivity index (χ0v) is 14.5. The Balaban J connectivity index is 1.75. The van der Waals surface area contributed by atoms with Crippen LogP contribution in [0.2, 0.25) is 0 Å². The second kappa shape index (κ2) is 5.78. The summed E-state index contributed by atoms with van der Waals surface area (Å²) < 4.78 is 8.43. The van der Waals surface area contributed by atoms with Gasteiger partial charge in [0.15, 0.2) is 10.6 Å². The summed E-state index contributed by atoms with van der Waals surface area (Å²) in [6, 6.07) is 8.39. The van der Waals surface area contributed by atoms with Crippen molar-refractivity contribution in [2.24, 2.45) is 17.8 Å². The van der Waals surface area contributed by atoms with Gasteiger partial charge >= 0.3 is 0 Å². The lowest BCUT2D eigenvalue weighted by molar-refractivity contribution is 0.242. The molecule has 0 radical (unpaired) electrons. The molecule has 5 heteroatoms. The zero-order valence-electron chi connectivity index (χ0n) is 13.7. The first-order valence-corrected chi connectivity index (χ1v) is 8.90. The number of rotatable bonds is 4. The monoisotopic (exact) mass is 329 g/mol. The van der Waals surface area contributed by atoms with Crippen LogP contribution in [0.15, 0.2) is 24.3 Å². The normalized spacial score (nSPS) is 27.3. The smallest absolute Gasteiger partial charge is 0.195 e. The molecule has 0 aliphatic heterocycles. The summed E-state index contributed by atoms with van der Waals surface area (Å²) in [6.45, 7) is 2.30. The number of ether oxygens (including phenoxy) is 1. The number of hydrogen-bond donors (Lipinski definition) is 1. The maximum Gasteiger partial charge on any atom is 0.195 e. The van der Waals surface area contributed by atoms with Gasteiger partial charge in [0.1, 0.15) is 5.75 Å². The van der Waals surface area contributed by atoms with Crippen LogP contribution in [0.5, 0.6) is 5.75 Å². The molecule has 1 N–H and O–H groups in total. The Hall–Kier alpha value is -1.62. The number of benzene rings is 1. The predicted octanol–water partition coefficient (Wildman–Crippen LogP) is 4.61. The first-order valence-electron chi connectivity index (χ1n) is 8.49. The summed E-state index contributed by atoms with van der Waals surface area (Å²) in [6.07, 6.45) is 5.55. The van der Waals surface area contributed by atoms with E-state index in [9.17, 15) is 0 Å². The van der Waals surface area contributed by atoms with Gasteiger partial charge in [0.2, 0.25) is 0 Å². The number of H-pyrrole nitrogens is 1. The summed E-state index contributed by atoms with van der Waals surface area (Å²) in [5.41, 5.74) is 0.998. The molecule has 2 aliphatic rings. The first kappa shape index (κ1) is 14.9. The standard InChI is InChI=1S/C18H23N3OS/c1-11(15-10-12-7-8-13(15)9-12)21-17(19-20-18(21)23)14-5-3-4-6-16(14)22-2/h3-6,11-13,15H,7-10H2,1-2H3,(H,20,23). The van der Waals surface area contributed by atoms with E-state index in [0.29, 0.717) is 16.7 Å². The molecule has 1 heterocycles. The second-order valence-electron chi connectivity index (χ2n) is 7.00. The molecule has 4 rings (SSSR count). The van der Waals surface area contributed by atoms with Crippen LogP contribution < -0.4 is 4.74 Å². The Kier molecular flexibility index (Phi) is 3.76. The van der Waals surface area contributed by atoms with E-state index in [1.165, 1.54) is 25.7 Å². The van der Waals surface area contributed by atoms with Crippen molar-refractivity contribution in [1.29, 1.82) is 0 Å². The molecule has 2 fully saturated rings. The van der Waals surface area contributed by atoms with Gasteiger partial charge < -0.3 is 4.74 Å². The SMILES string of the molecule is COc1ccccc1-c1n[nH]c(=S)n1C(C)C1CC2CCC1C2. The van der Waals surface area contributed by atoms with Crippen LogP contribution in [0.25, 0.3) is 11.4 Å². The van der Waals surface area contributed by atoms with E-state index in [1.807, 2.05) is 24.3 Å². The van der Waals surface area contributed by atoms with Gasteiger partial charge in [-0.1, -0.05) is 18.6 Å². The van der Waals surface area contributed by atoms with Gasteiger partial charge in [-0.3, -0.25) is 9.67 Å². The number of nitrogens with one attached hydrogen (secondary N) is 1. The lowest BCUT2D eigenvalue weighted by atomic mass is 9.84. The Morgan fingerprint density at radius 2 is 2.13 bits per heavy atom. The lowest BCUT2D eigenvalue weighted by Gasteiger charge is -2.29. The maximum absolute atomic E-state index is 5.55. The fourth-order valence-electron chi connectivity index (χ4n) is 4.78. The number of nitrogens with zero attached hydrogens (tertiary/aromatic N) is 2. The van der Waals surface area contributed by atoms with E-state index in [1.54, 1.807) is 7.11 Å². The van der Waals surface area contributed by atoms with Crippen molar-refractivity contribution in [3.63, 3.8) is 0 Å². The highest BCUT2D eigenvalue weighted by Crippen LogP contribution is 2.52. The van der Waals surface area contributed by atoms with E-state index >= 15 is 0 Å². The fraction of sp³-hybridized carbons (Fsp3) is 0.556. The summed E-state index contributed by atoms with van der Waals surface area (Å²) >= 11 is 5.55. The van der Waals surface area contributed by atoms with Gasteiger partial charge in [-0.2, -0.15) is 5.10 Å². The van der Waals surface area contributed by atoms with Gasteiger partial charge in [0.25, 0.3) is 0 Å². The Labute approximate surface area is 141 Å². The van der Waals surface area contributed by atoms with Crippen molar-refractivity contribution in [3.05, 3.63) is 29.0 Å². The molecule has 1 aromatic heterocycles. The molecular weight excluding hydrogens is 306 g/mol. The van der Waals surface area contributed by atoms with Crippen molar-refractivity contribution < 1.29 is 4.74 Å². The number of fused-ring (bicyclic) bond motifs is 2. The molecule has 2 aromatic rings. The highest BCUT2D eigenvalue weighted by molar-refractivity contribution is 7.71. The molecule has 2 saturated carbocycles. The minimum atomic E-state index is 0.372. The largest absolute Gasteiger partial charge is 0.496 e. The van der Waals surface area contributed by atoms with E-state index in [4.69, 9.17) is 17.0 Å². The molecule has 2 aliphatic carbocycles. The van der Waals surface area contributed by atoms with Crippen LogP contribution in [-0.2, 0) is 0 Å². The Bertz CT molecular complexity index is 766. The van der Waals surface area contributed by atoms with Crippen molar-refractivity contribution in [2.45, 2.75) is 38.6 Å². The topological polar surface area (TPSA) is 42.8 Å². The highest BCUT2D eigenvalue weighted by atomic mass is 32.1. The molecule has 23 heavy (non-hydrogen) atoms. The van der Waals surface area contributed by atoms with E-state index < -0.39 is 0 Å². The number of aromatic amines is 1. The third-order valence-corrected chi connectivity index (χ3v) is 6.16. The van der Waals surface area contributed by atoms with Crippen molar-refractivity contribution in [1.82, 2.24) is 14.8 Å². The van der Waals surface area contributed by atoms with E-state index in [2.05, 4.69) is 21.7 Å². The summed E-state index contributed by atoms with van der Waals surface area (Å²) in [5.74, 6) is 4.23. The average Bonchev–Trinajstić information content (AvgIpc) is 3.29. The number of hydrogen-bond acceptors (Lipinski definition) is 3. The molecule has 4 atom stereocenters. The molecule has 2 bridgehead atoms. The van der Waals surface area contributed by atoms with Crippen LogP contribution in [0.3, 0.4) is 0 Å². The van der Waals surface area contributed by atoms with Crippen LogP contribution in [0.1, 0.15) is 38.6 Å². The Morgan fingerprint density at radius 3 is 2.83 bits per heavy atom. The third-order valence-electron chi connectivity index (χ3n) is 5.87. The third kappa shape index (κ3) is 2.42. The number of aromatic nitrogens is 3. The molecule has 1 aromatic carbocycles. The quantitative estimate of drug-likeness (QED) is 0.833.